The van der Waals surface area contributed by atoms with Crippen LogP contribution in [0.5, 0.6) is 11.6 Å². The van der Waals surface area contributed by atoms with Gasteiger partial charge in [-0.25, -0.2) is 4.98 Å². The van der Waals surface area contributed by atoms with Gasteiger partial charge in [0.2, 0.25) is 11.8 Å². The highest BCUT2D eigenvalue weighted by Crippen LogP contribution is 2.25. The highest BCUT2D eigenvalue weighted by atomic mass is 79.9. The van der Waals surface area contributed by atoms with Crippen LogP contribution in [0, 0.1) is 0 Å². The number of anilines is 1. The fraction of sp³-hybridized carbons (Fsp3) is 0.133. The zero-order chi connectivity index (χ0) is 14.8. The van der Waals surface area contributed by atoms with Gasteiger partial charge in [0.25, 0.3) is 0 Å². The SMILES string of the molecule is O=C1CC(=O)N(c2ccc(Oc3cccc(Br)c3)nc2)C1. The van der Waals surface area contributed by atoms with Gasteiger partial charge in [0.05, 0.1) is 24.8 Å². The van der Waals surface area contributed by atoms with Crippen molar-refractivity contribution in [3.8, 4) is 11.6 Å². The summed E-state index contributed by atoms with van der Waals surface area (Å²) in [5.74, 6) is 0.823. The number of ketones is 1. The van der Waals surface area contributed by atoms with E-state index in [1.54, 1.807) is 12.1 Å². The maximum Gasteiger partial charge on any atom is 0.234 e. The van der Waals surface area contributed by atoms with Gasteiger partial charge in [-0.3, -0.25) is 9.59 Å². The topological polar surface area (TPSA) is 59.5 Å². The molecule has 1 amide bonds. The highest BCUT2D eigenvalue weighted by molar-refractivity contribution is 9.10. The van der Waals surface area contributed by atoms with E-state index in [9.17, 15) is 9.59 Å². The van der Waals surface area contributed by atoms with Gasteiger partial charge in [0.1, 0.15) is 5.75 Å². The summed E-state index contributed by atoms with van der Waals surface area (Å²) in [7, 11) is 0. The lowest BCUT2D eigenvalue weighted by atomic mass is 10.3. The molecule has 0 bridgehead atoms. The van der Waals surface area contributed by atoms with Gasteiger partial charge < -0.3 is 9.64 Å². The number of aromatic nitrogens is 1. The first-order valence-corrected chi connectivity index (χ1v) is 7.13. The molecular weight excluding hydrogens is 336 g/mol. The summed E-state index contributed by atoms with van der Waals surface area (Å²) in [6, 6.07) is 10.8. The molecule has 1 aromatic carbocycles. The number of Topliss-reactive ketones (excluding diaryl/α,β-unsaturated/α-hetero) is 1. The summed E-state index contributed by atoms with van der Waals surface area (Å²) in [5, 5.41) is 0. The Balaban J connectivity index is 1.75. The molecule has 0 radical (unpaired) electrons. The number of ether oxygens (including phenoxy) is 1. The van der Waals surface area contributed by atoms with Crippen LogP contribution < -0.4 is 9.64 Å². The Kier molecular flexibility index (Phi) is 3.70. The Bertz CT molecular complexity index is 700. The molecule has 0 atom stereocenters. The minimum absolute atomic E-state index is 0.0315. The molecule has 0 saturated carbocycles. The standard InChI is InChI=1S/C15H11BrN2O3/c16-10-2-1-3-13(6-10)21-14-5-4-11(8-17-14)18-9-12(19)7-15(18)20/h1-6,8H,7,9H2. The van der Waals surface area contributed by atoms with Gasteiger partial charge in [-0.2, -0.15) is 0 Å². The van der Waals surface area contributed by atoms with Crippen LogP contribution in [0.1, 0.15) is 6.42 Å². The molecule has 3 rings (SSSR count). The van der Waals surface area contributed by atoms with E-state index < -0.39 is 0 Å². The number of hydrogen-bond donors (Lipinski definition) is 0. The van der Waals surface area contributed by atoms with Crippen molar-refractivity contribution in [3.63, 3.8) is 0 Å². The predicted molar refractivity (Wildman–Crippen MR) is 80.4 cm³/mol. The van der Waals surface area contributed by atoms with Gasteiger partial charge in [0.15, 0.2) is 5.78 Å². The van der Waals surface area contributed by atoms with Crippen LogP contribution in [0.2, 0.25) is 0 Å². The van der Waals surface area contributed by atoms with Crippen LogP contribution >= 0.6 is 15.9 Å². The summed E-state index contributed by atoms with van der Waals surface area (Å²) in [4.78, 5) is 28.5. The third-order valence-electron chi connectivity index (χ3n) is 3.03. The third-order valence-corrected chi connectivity index (χ3v) is 3.53. The second-order valence-corrected chi connectivity index (χ2v) is 5.53. The van der Waals surface area contributed by atoms with E-state index in [2.05, 4.69) is 20.9 Å². The van der Waals surface area contributed by atoms with E-state index in [4.69, 9.17) is 4.74 Å². The number of halogens is 1. The van der Waals surface area contributed by atoms with Gasteiger partial charge in [-0.05, 0) is 24.3 Å². The first-order chi connectivity index (χ1) is 10.1. The smallest absolute Gasteiger partial charge is 0.234 e. The first kappa shape index (κ1) is 13.8. The molecule has 1 fully saturated rings. The molecule has 0 spiro atoms. The minimum atomic E-state index is -0.192. The van der Waals surface area contributed by atoms with Crippen LogP contribution in [0.4, 0.5) is 5.69 Å². The van der Waals surface area contributed by atoms with Crippen molar-refractivity contribution in [3.05, 3.63) is 47.1 Å². The number of rotatable bonds is 3. The zero-order valence-electron chi connectivity index (χ0n) is 11.0. The number of hydrogen-bond acceptors (Lipinski definition) is 4. The fourth-order valence-corrected chi connectivity index (χ4v) is 2.44. The van der Waals surface area contributed by atoms with Crippen LogP contribution in [-0.2, 0) is 9.59 Å². The molecule has 0 unspecified atom stereocenters. The van der Waals surface area contributed by atoms with E-state index in [0.717, 1.165) is 4.47 Å². The van der Waals surface area contributed by atoms with Gasteiger partial charge >= 0.3 is 0 Å². The maximum absolute atomic E-state index is 11.6. The van der Waals surface area contributed by atoms with Crippen molar-refractivity contribution in [2.24, 2.45) is 0 Å². The molecule has 5 nitrogen and oxygen atoms in total. The molecule has 2 aromatic rings. The van der Waals surface area contributed by atoms with Crippen molar-refractivity contribution in [1.29, 1.82) is 0 Å². The van der Waals surface area contributed by atoms with E-state index in [1.807, 2.05) is 24.3 Å². The zero-order valence-corrected chi connectivity index (χ0v) is 12.5. The molecule has 6 heteroatoms. The van der Waals surface area contributed by atoms with Crippen molar-refractivity contribution in [2.45, 2.75) is 6.42 Å². The number of benzene rings is 1. The van der Waals surface area contributed by atoms with Crippen molar-refractivity contribution >= 4 is 33.3 Å². The molecule has 21 heavy (non-hydrogen) atoms. The monoisotopic (exact) mass is 346 g/mol. The average Bonchev–Trinajstić information content (AvgIpc) is 2.79. The summed E-state index contributed by atoms with van der Waals surface area (Å²) < 4.78 is 6.53. The maximum atomic E-state index is 11.6. The molecule has 1 aliphatic rings. The Morgan fingerprint density at radius 1 is 1.19 bits per heavy atom. The predicted octanol–water partition coefficient (Wildman–Crippen LogP) is 2.94. The molecular formula is C15H11BrN2O3. The Labute approximate surface area is 129 Å². The minimum Gasteiger partial charge on any atom is -0.439 e. The molecule has 0 N–H and O–H groups in total. The molecule has 0 aliphatic carbocycles. The molecule has 2 heterocycles. The lowest BCUT2D eigenvalue weighted by molar-refractivity contribution is -0.121. The quantitative estimate of drug-likeness (QED) is 0.801. The third kappa shape index (κ3) is 3.11. The number of pyridine rings is 1. The molecule has 1 aliphatic heterocycles. The van der Waals surface area contributed by atoms with Gasteiger partial charge in [-0.1, -0.05) is 22.0 Å². The number of amides is 1. The largest absolute Gasteiger partial charge is 0.439 e. The Hall–Kier alpha value is -2.21. The van der Waals surface area contributed by atoms with E-state index in [-0.39, 0.29) is 24.7 Å². The van der Waals surface area contributed by atoms with Crippen molar-refractivity contribution < 1.29 is 14.3 Å². The average molecular weight is 347 g/mol. The molecule has 1 aromatic heterocycles. The summed E-state index contributed by atoms with van der Waals surface area (Å²) in [5.41, 5.74) is 0.604. The van der Waals surface area contributed by atoms with E-state index >= 15 is 0 Å². The first-order valence-electron chi connectivity index (χ1n) is 6.33. The van der Waals surface area contributed by atoms with Crippen LogP contribution in [0.25, 0.3) is 0 Å². The Morgan fingerprint density at radius 2 is 2.05 bits per heavy atom. The van der Waals surface area contributed by atoms with Gasteiger partial charge in [-0.15, -0.1) is 0 Å². The second kappa shape index (κ2) is 5.65. The summed E-state index contributed by atoms with van der Waals surface area (Å²) in [6.45, 7) is 0.117. The fourth-order valence-electron chi connectivity index (χ4n) is 2.06. The number of nitrogens with zero attached hydrogens (tertiary/aromatic N) is 2. The molecule has 1 saturated heterocycles. The van der Waals surface area contributed by atoms with Gasteiger partial charge in [0, 0.05) is 10.5 Å². The Morgan fingerprint density at radius 3 is 2.67 bits per heavy atom. The van der Waals surface area contributed by atoms with E-state index in [1.165, 1.54) is 11.1 Å². The number of carbonyl (C=O) groups excluding carboxylic acids is 2. The van der Waals surface area contributed by atoms with Crippen LogP contribution in [-0.4, -0.2) is 23.2 Å². The van der Waals surface area contributed by atoms with Crippen LogP contribution in [0.15, 0.2) is 47.1 Å². The van der Waals surface area contributed by atoms with Crippen molar-refractivity contribution in [2.75, 3.05) is 11.4 Å². The summed E-state index contributed by atoms with van der Waals surface area (Å²) in [6.07, 6.45) is 1.50. The van der Waals surface area contributed by atoms with Crippen molar-refractivity contribution in [1.82, 2.24) is 4.98 Å². The summed E-state index contributed by atoms with van der Waals surface area (Å²) >= 11 is 3.37. The lowest BCUT2D eigenvalue weighted by Crippen LogP contribution is -2.24. The lowest BCUT2D eigenvalue weighted by Gasteiger charge is -2.14. The molecule has 106 valence electrons. The number of carbonyl (C=O) groups is 2. The van der Waals surface area contributed by atoms with Crippen LogP contribution in [0.3, 0.4) is 0 Å². The van der Waals surface area contributed by atoms with E-state index in [0.29, 0.717) is 17.3 Å². The second-order valence-electron chi connectivity index (χ2n) is 4.61. The normalized spacial score (nSPS) is 14.6. The highest BCUT2D eigenvalue weighted by Gasteiger charge is 2.28.